The summed E-state index contributed by atoms with van der Waals surface area (Å²) >= 11 is 8.01. The largest absolute Gasteiger partial charge is 0.368 e. The molecule has 0 saturated heterocycles. The SMILES string of the molecule is CC1(C)C2CC[C@@]1(CS(=O)(=O)O)C(=O)C2.NC(=O)[C@H](c1ccccc1Cl)N1CCc2sccc2C1. The molecule has 2 aromatic rings. The number of benzene rings is 1. The fraction of sp³-hybridized carbons (Fsp3) is 0.520. The smallest absolute Gasteiger partial charge is 0.265 e. The Bertz CT molecular complexity index is 1240. The molecule has 3 N–H and O–H groups in total. The summed E-state index contributed by atoms with van der Waals surface area (Å²) < 4.78 is 31.0. The van der Waals surface area contributed by atoms with Crippen LogP contribution in [0, 0.1) is 16.7 Å². The number of primary amides is 1. The standard InChI is InChI=1S/C15H15ClN2OS.C10H16O4S/c16-12-4-2-1-3-11(12)14(15(17)19)18-7-5-13-10(9-18)6-8-20-13;1-9(2)7-3-4-10(9,8(11)5-7)6-15(12,13)14/h1-4,6,8,14H,5,7,9H2,(H2,17,19);7H,3-6H2,1-2H3,(H,12,13,14)/t14-;7?,10-/m01/s1. The van der Waals surface area contributed by atoms with Gasteiger partial charge in [0.2, 0.25) is 5.91 Å². The molecule has 1 aromatic heterocycles. The quantitative estimate of drug-likeness (QED) is 0.549. The number of amides is 1. The van der Waals surface area contributed by atoms with E-state index in [1.807, 2.05) is 32.0 Å². The Morgan fingerprint density at radius 2 is 2.03 bits per heavy atom. The maximum atomic E-state index is 11.9. The van der Waals surface area contributed by atoms with E-state index >= 15 is 0 Å². The van der Waals surface area contributed by atoms with Gasteiger partial charge < -0.3 is 5.73 Å². The fourth-order valence-electron chi connectivity index (χ4n) is 6.14. The summed E-state index contributed by atoms with van der Waals surface area (Å²) in [6.07, 6.45) is 2.93. The third kappa shape index (κ3) is 4.93. The molecule has 7 nitrogen and oxygen atoms in total. The van der Waals surface area contributed by atoms with Crippen LogP contribution in [0.4, 0.5) is 0 Å². The molecule has 2 aliphatic carbocycles. The number of carbonyl (C=O) groups is 2. The van der Waals surface area contributed by atoms with Crippen molar-refractivity contribution in [3.63, 3.8) is 0 Å². The Morgan fingerprint density at radius 1 is 1.31 bits per heavy atom. The van der Waals surface area contributed by atoms with Crippen molar-refractivity contribution in [1.82, 2.24) is 4.90 Å². The van der Waals surface area contributed by atoms with Crippen LogP contribution in [-0.2, 0) is 32.7 Å². The number of hydrogen-bond donors (Lipinski definition) is 2. The van der Waals surface area contributed by atoms with Gasteiger partial charge in [-0.3, -0.25) is 19.0 Å². The Morgan fingerprint density at radius 3 is 2.60 bits per heavy atom. The average molecular weight is 539 g/mol. The van der Waals surface area contributed by atoms with Crippen molar-refractivity contribution >= 4 is 44.7 Å². The van der Waals surface area contributed by atoms with Crippen molar-refractivity contribution < 1.29 is 22.6 Å². The molecule has 1 unspecified atom stereocenters. The zero-order valence-electron chi connectivity index (χ0n) is 19.9. The summed E-state index contributed by atoms with van der Waals surface area (Å²) in [4.78, 5) is 27.3. The second-order valence-corrected chi connectivity index (χ2v) is 13.2. The topological polar surface area (TPSA) is 118 Å². The molecular formula is C25H31ClN2O5S2. The first-order valence-electron chi connectivity index (χ1n) is 11.7. The maximum absolute atomic E-state index is 11.9. The number of hydrogen-bond acceptors (Lipinski definition) is 6. The van der Waals surface area contributed by atoms with Crippen LogP contribution in [0.1, 0.15) is 55.2 Å². The summed E-state index contributed by atoms with van der Waals surface area (Å²) in [7, 11) is -4.08. The molecule has 2 bridgehead atoms. The lowest BCUT2D eigenvalue weighted by Crippen LogP contribution is -2.42. The van der Waals surface area contributed by atoms with E-state index in [-0.39, 0.29) is 23.0 Å². The highest BCUT2D eigenvalue weighted by atomic mass is 35.5. The number of halogens is 1. The van der Waals surface area contributed by atoms with E-state index < -0.39 is 27.3 Å². The van der Waals surface area contributed by atoms with Gasteiger partial charge in [-0.15, -0.1) is 11.3 Å². The summed E-state index contributed by atoms with van der Waals surface area (Å²) in [5, 5.41) is 2.69. The van der Waals surface area contributed by atoms with Crippen molar-refractivity contribution in [1.29, 1.82) is 0 Å². The van der Waals surface area contributed by atoms with Gasteiger partial charge in [-0.2, -0.15) is 8.42 Å². The minimum atomic E-state index is -4.08. The number of Topliss-reactive ketones (excluding diaryl/α,β-unsaturated/α-hetero) is 1. The van der Waals surface area contributed by atoms with Gasteiger partial charge >= 0.3 is 0 Å². The molecule has 5 rings (SSSR count). The summed E-state index contributed by atoms with van der Waals surface area (Å²) in [5.41, 5.74) is 6.59. The third-order valence-electron chi connectivity index (χ3n) is 8.24. The van der Waals surface area contributed by atoms with Gasteiger partial charge in [0.25, 0.3) is 10.1 Å². The van der Waals surface area contributed by atoms with E-state index in [2.05, 4.69) is 16.3 Å². The average Bonchev–Trinajstić information content (AvgIpc) is 3.37. The highest BCUT2D eigenvalue weighted by Gasteiger charge is 2.65. The monoisotopic (exact) mass is 538 g/mol. The predicted octanol–water partition coefficient (Wildman–Crippen LogP) is 4.26. The van der Waals surface area contributed by atoms with E-state index in [0.29, 0.717) is 17.9 Å². The Labute approximate surface area is 215 Å². The van der Waals surface area contributed by atoms with E-state index in [4.69, 9.17) is 21.9 Å². The molecule has 3 aliphatic rings. The van der Waals surface area contributed by atoms with Gasteiger partial charge in [0.1, 0.15) is 11.8 Å². The van der Waals surface area contributed by atoms with Gasteiger partial charge in [0.05, 0.1) is 11.2 Å². The normalized spacial score (nSPS) is 26.1. The number of nitrogens with two attached hydrogens (primary N) is 1. The molecular weight excluding hydrogens is 508 g/mol. The zero-order chi connectivity index (χ0) is 25.6. The molecule has 3 atom stereocenters. The van der Waals surface area contributed by atoms with E-state index in [9.17, 15) is 18.0 Å². The molecule has 190 valence electrons. The van der Waals surface area contributed by atoms with Gasteiger partial charge in [-0.25, -0.2) is 0 Å². The highest BCUT2D eigenvalue weighted by molar-refractivity contribution is 7.85. The molecule has 35 heavy (non-hydrogen) atoms. The van der Waals surface area contributed by atoms with Gasteiger partial charge in [-0.1, -0.05) is 43.6 Å². The van der Waals surface area contributed by atoms with Crippen LogP contribution in [0.25, 0.3) is 0 Å². The van der Waals surface area contributed by atoms with Crippen molar-refractivity contribution in [3.8, 4) is 0 Å². The highest BCUT2D eigenvalue weighted by Crippen LogP contribution is 2.64. The van der Waals surface area contributed by atoms with Crippen LogP contribution in [0.5, 0.6) is 0 Å². The number of nitrogens with zero attached hydrogens (tertiary/aromatic N) is 1. The minimum absolute atomic E-state index is 0.0152. The van der Waals surface area contributed by atoms with E-state index in [1.54, 1.807) is 17.4 Å². The van der Waals surface area contributed by atoms with Crippen LogP contribution in [0.15, 0.2) is 35.7 Å². The Kier molecular flexibility index (Phi) is 7.20. The number of ketones is 1. The van der Waals surface area contributed by atoms with Gasteiger partial charge in [0, 0.05) is 29.4 Å². The lowest BCUT2D eigenvalue weighted by Gasteiger charge is -2.35. The van der Waals surface area contributed by atoms with Crippen molar-refractivity contribution in [2.24, 2.45) is 22.5 Å². The lowest BCUT2D eigenvalue weighted by atomic mass is 9.70. The van der Waals surface area contributed by atoms with Crippen molar-refractivity contribution in [2.45, 2.75) is 52.1 Å². The number of thiophene rings is 1. The molecule has 1 aliphatic heterocycles. The first kappa shape index (κ1) is 26.3. The fourth-order valence-corrected chi connectivity index (χ4v) is 8.57. The molecule has 0 spiro atoms. The summed E-state index contributed by atoms with van der Waals surface area (Å²) in [6.45, 7) is 5.46. The predicted molar refractivity (Wildman–Crippen MR) is 137 cm³/mol. The Balaban J connectivity index is 0.000000172. The molecule has 2 heterocycles. The van der Waals surface area contributed by atoms with Gasteiger partial charge in [0.15, 0.2) is 0 Å². The number of rotatable bonds is 5. The second kappa shape index (κ2) is 9.59. The molecule has 2 fully saturated rings. The second-order valence-electron chi connectivity index (χ2n) is 10.3. The van der Waals surface area contributed by atoms with Crippen LogP contribution in [0.3, 0.4) is 0 Å². The molecule has 2 saturated carbocycles. The van der Waals surface area contributed by atoms with Gasteiger partial charge in [-0.05, 0) is 59.2 Å². The van der Waals surface area contributed by atoms with E-state index in [0.717, 1.165) is 31.5 Å². The third-order valence-corrected chi connectivity index (χ3v) is 10.5. The minimum Gasteiger partial charge on any atom is -0.368 e. The first-order chi connectivity index (χ1) is 16.4. The van der Waals surface area contributed by atoms with Crippen LogP contribution >= 0.6 is 22.9 Å². The molecule has 1 amide bonds. The van der Waals surface area contributed by atoms with Crippen molar-refractivity contribution in [3.05, 3.63) is 56.7 Å². The van der Waals surface area contributed by atoms with E-state index in [1.165, 1.54) is 10.4 Å². The Hall–Kier alpha value is -1.78. The summed E-state index contributed by atoms with van der Waals surface area (Å²) in [5.74, 6) is -0.451. The first-order valence-corrected chi connectivity index (χ1v) is 14.5. The summed E-state index contributed by atoms with van der Waals surface area (Å²) in [6, 6.07) is 9.08. The zero-order valence-corrected chi connectivity index (χ0v) is 22.3. The lowest BCUT2D eigenvalue weighted by molar-refractivity contribution is -0.128. The van der Waals surface area contributed by atoms with Crippen LogP contribution in [0.2, 0.25) is 5.02 Å². The van der Waals surface area contributed by atoms with Crippen LogP contribution < -0.4 is 5.73 Å². The number of fused-ring (bicyclic) bond motifs is 3. The number of carbonyl (C=O) groups excluding carboxylic acids is 2. The molecule has 10 heteroatoms. The van der Waals surface area contributed by atoms with Crippen LogP contribution in [-0.4, -0.2) is 41.9 Å². The maximum Gasteiger partial charge on any atom is 0.265 e. The van der Waals surface area contributed by atoms with Crippen molar-refractivity contribution in [2.75, 3.05) is 12.3 Å². The molecule has 0 radical (unpaired) electrons. The molecule has 1 aromatic carbocycles.